The largest absolute Gasteiger partial charge is 0.399 e. The van der Waals surface area contributed by atoms with Crippen LogP contribution < -0.4 is 10.6 Å². The van der Waals surface area contributed by atoms with Gasteiger partial charge in [0.05, 0.1) is 0 Å². The molecule has 2 N–H and O–H groups in total. The molecule has 0 atom stereocenters. The summed E-state index contributed by atoms with van der Waals surface area (Å²) >= 11 is 3.31. The number of anilines is 2. The van der Waals surface area contributed by atoms with Crippen LogP contribution in [0.4, 0.5) is 11.4 Å². The fourth-order valence-electron chi connectivity index (χ4n) is 2.27. The topological polar surface area (TPSA) is 59.2 Å². The van der Waals surface area contributed by atoms with Crippen LogP contribution in [0.25, 0.3) is 0 Å². The summed E-state index contributed by atoms with van der Waals surface area (Å²) in [5.41, 5.74) is 8.99. The number of carbonyl (C=O) groups excluding carboxylic acids is 1. The molecular formula is C14H12BrN3O. The molecule has 0 aliphatic carbocycles. The summed E-state index contributed by atoms with van der Waals surface area (Å²) < 4.78 is 0.860. The van der Waals surface area contributed by atoms with Gasteiger partial charge < -0.3 is 10.6 Å². The van der Waals surface area contributed by atoms with Gasteiger partial charge in [-0.15, -0.1) is 0 Å². The Hall–Kier alpha value is -1.88. The minimum absolute atomic E-state index is 0.0731. The Morgan fingerprint density at radius 1 is 1.32 bits per heavy atom. The second kappa shape index (κ2) is 4.66. The number of nitrogen functional groups attached to an aromatic ring is 1. The third-order valence-electron chi connectivity index (χ3n) is 3.19. The maximum atomic E-state index is 12.4. The van der Waals surface area contributed by atoms with Crippen molar-refractivity contribution in [1.82, 2.24) is 4.98 Å². The zero-order chi connectivity index (χ0) is 13.4. The molecule has 0 saturated carbocycles. The van der Waals surface area contributed by atoms with Gasteiger partial charge in [-0.25, -0.2) is 4.98 Å². The van der Waals surface area contributed by atoms with E-state index in [1.807, 2.05) is 24.3 Å². The van der Waals surface area contributed by atoms with Crippen LogP contribution in [0, 0.1) is 0 Å². The van der Waals surface area contributed by atoms with Gasteiger partial charge in [-0.05, 0) is 58.2 Å². The van der Waals surface area contributed by atoms with Crippen molar-refractivity contribution in [2.45, 2.75) is 6.42 Å². The van der Waals surface area contributed by atoms with Gasteiger partial charge in [0.25, 0.3) is 5.91 Å². The number of nitrogens with two attached hydrogens (primary N) is 1. The molecule has 5 heteroatoms. The average Bonchev–Trinajstić information content (AvgIpc) is 2.81. The molecule has 96 valence electrons. The highest BCUT2D eigenvalue weighted by atomic mass is 79.9. The molecule has 4 nitrogen and oxygen atoms in total. The zero-order valence-corrected chi connectivity index (χ0v) is 11.7. The van der Waals surface area contributed by atoms with Crippen LogP contribution in [0.1, 0.15) is 16.1 Å². The van der Waals surface area contributed by atoms with Crippen LogP contribution in [0.5, 0.6) is 0 Å². The predicted octanol–water partition coefficient (Wildman–Crippen LogP) is 2.63. The van der Waals surface area contributed by atoms with E-state index in [9.17, 15) is 4.79 Å². The molecule has 1 aliphatic rings. The first-order valence-corrected chi connectivity index (χ1v) is 6.76. The number of nitrogens with zero attached hydrogens (tertiary/aromatic N) is 2. The number of aromatic nitrogens is 1. The van der Waals surface area contributed by atoms with Gasteiger partial charge in [-0.2, -0.15) is 0 Å². The molecular weight excluding hydrogens is 306 g/mol. The maximum Gasteiger partial charge on any atom is 0.276 e. The van der Waals surface area contributed by atoms with Gasteiger partial charge in [0, 0.05) is 28.6 Å². The minimum Gasteiger partial charge on any atom is -0.399 e. The Morgan fingerprint density at radius 3 is 2.89 bits per heavy atom. The van der Waals surface area contributed by atoms with Gasteiger partial charge in [-0.3, -0.25) is 4.79 Å². The molecule has 2 heterocycles. The molecule has 0 radical (unpaired) electrons. The third kappa shape index (κ3) is 2.21. The lowest BCUT2D eigenvalue weighted by molar-refractivity contribution is 0.0984. The number of hydrogen-bond acceptors (Lipinski definition) is 3. The summed E-state index contributed by atoms with van der Waals surface area (Å²) in [7, 11) is 0. The van der Waals surface area contributed by atoms with Crippen molar-refractivity contribution < 1.29 is 4.79 Å². The van der Waals surface area contributed by atoms with Crippen LogP contribution in [0.15, 0.2) is 41.0 Å². The van der Waals surface area contributed by atoms with E-state index in [1.54, 1.807) is 17.2 Å². The number of rotatable bonds is 1. The molecule has 0 fully saturated rings. The highest BCUT2D eigenvalue weighted by molar-refractivity contribution is 9.10. The number of amides is 1. The molecule has 1 aromatic carbocycles. The molecule has 0 bridgehead atoms. The van der Waals surface area contributed by atoms with E-state index < -0.39 is 0 Å². The molecule has 0 saturated heterocycles. The van der Waals surface area contributed by atoms with Gasteiger partial charge in [0.2, 0.25) is 0 Å². The van der Waals surface area contributed by atoms with E-state index in [-0.39, 0.29) is 5.91 Å². The summed E-state index contributed by atoms with van der Waals surface area (Å²) in [6, 6.07) is 9.19. The van der Waals surface area contributed by atoms with Crippen LogP contribution >= 0.6 is 15.9 Å². The summed E-state index contributed by atoms with van der Waals surface area (Å²) in [5.74, 6) is -0.0731. The normalized spacial score (nSPS) is 13.4. The van der Waals surface area contributed by atoms with Crippen molar-refractivity contribution in [2.24, 2.45) is 0 Å². The molecule has 1 aromatic heterocycles. The van der Waals surface area contributed by atoms with Gasteiger partial charge in [0.15, 0.2) is 0 Å². The Kier molecular flexibility index (Phi) is 2.98. The van der Waals surface area contributed by atoms with Crippen LogP contribution in [-0.4, -0.2) is 17.4 Å². The molecule has 0 unspecified atom stereocenters. The van der Waals surface area contributed by atoms with Gasteiger partial charge in [-0.1, -0.05) is 0 Å². The first-order valence-electron chi connectivity index (χ1n) is 5.97. The van der Waals surface area contributed by atoms with E-state index in [0.717, 1.165) is 27.8 Å². The Labute approximate surface area is 119 Å². The fraction of sp³-hybridized carbons (Fsp3) is 0.143. The van der Waals surface area contributed by atoms with E-state index in [4.69, 9.17) is 5.73 Å². The summed E-state index contributed by atoms with van der Waals surface area (Å²) in [5, 5.41) is 0. The first-order chi connectivity index (χ1) is 9.15. The third-order valence-corrected chi connectivity index (χ3v) is 3.66. The van der Waals surface area contributed by atoms with E-state index in [2.05, 4.69) is 20.9 Å². The standard InChI is InChI=1S/C14H12BrN3O/c15-10-1-3-12(17-8-10)14(19)18-6-5-9-7-11(16)2-4-13(9)18/h1-4,7-8H,5-6,16H2. The van der Waals surface area contributed by atoms with E-state index >= 15 is 0 Å². The molecule has 1 amide bonds. The summed E-state index contributed by atoms with van der Waals surface area (Å²) in [6.07, 6.45) is 2.47. The van der Waals surface area contributed by atoms with Crippen LogP contribution in [-0.2, 0) is 6.42 Å². The molecule has 19 heavy (non-hydrogen) atoms. The first kappa shape index (κ1) is 12.2. The Bertz CT molecular complexity index is 640. The zero-order valence-electron chi connectivity index (χ0n) is 10.1. The second-order valence-electron chi connectivity index (χ2n) is 4.46. The van der Waals surface area contributed by atoms with E-state index in [1.165, 1.54) is 0 Å². The van der Waals surface area contributed by atoms with E-state index in [0.29, 0.717) is 12.2 Å². The Morgan fingerprint density at radius 2 is 2.16 bits per heavy atom. The lowest BCUT2D eigenvalue weighted by Crippen LogP contribution is -2.29. The molecule has 3 rings (SSSR count). The predicted molar refractivity (Wildman–Crippen MR) is 78.2 cm³/mol. The number of benzene rings is 1. The van der Waals surface area contributed by atoms with Crippen LogP contribution in [0.3, 0.4) is 0 Å². The lowest BCUT2D eigenvalue weighted by Gasteiger charge is -2.16. The SMILES string of the molecule is Nc1ccc2c(c1)CCN2C(=O)c1ccc(Br)cn1. The summed E-state index contributed by atoms with van der Waals surface area (Å²) in [6.45, 7) is 0.676. The second-order valence-corrected chi connectivity index (χ2v) is 5.37. The average molecular weight is 318 g/mol. The number of carbonyl (C=O) groups is 1. The molecule has 1 aliphatic heterocycles. The number of halogens is 1. The highest BCUT2D eigenvalue weighted by Crippen LogP contribution is 2.30. The van der Waals surface area contributed by atoms with Gasteiger partial charge in [0.1, 0.15) is 5.69 Å². The minimum atomic E-state index is -0.0731. The number of pyridine rings is 1. The maximum absolute atomic E-state index is 12.4. The van der Waals surface area contributed by atoms with Crippen LogP contribution in [0.2, 0.25) is 0 Å². The fourth-order valence-corrected chi connectivity index (χ4v) is 2.51. The summed E-state index contributed by atoms with van der Waals surface area (Å²) in [4.78, 5) is 18.3. The number of hydrogen-bond donors (Lipinski definition) is 1. The van der Waals surface area contributed by atoms with Crippen molar-refractivity contribution in [3.8, 4) is 0 Å². The van der Waals surface area contributed by atoms with Crippen molar-refractivity contribution in [3.63, 3.8) is 0 Å². The molecule has 0 spiro atoms. The molecule has 2 aromatic rings. The monoisotopic (exact) mass is 317 g/mol. The van der Waals surface area contributed by atoms with Crippen molar-refractivity contribution in [3.05, 3.63) is 52.3 Å². The quantitative estimate of drug-likeness (QED) is 0.822. The Balaban J connectivity index is 1.93. The number of fused-ring (bicyclic) bond motifs is 1. The van der Waals surface area contributed by atoms with Crippen molar-refractivity contribution >= 4 is 33.2 Å². The highest BCUT2D eigenvalue weighted by Gasteiger charge is 2.26. The smallest absolute Gasteiger partial charge is 0.276 e. The lowest BCUT2D eigenvalue weighted by atomic mass is 10.1. The van der Waals surface area contributed by atoms with Crippen molar-refractivity contribution in [2.75, 3.05) is 17.2 Å². The van der Waals surface area contributed by atoms with Crippen molar-refractivity contribution in [1.29, 1.82) is 0 Å². The van der Waals surface area contributed by atoms with Gasteiger partial charge >= 0.3 is 0 Å².